The predicted molar refractivity (Wildman–Crippen MR) is 143 cm³/mol. The van der Waals surface area contributed by atoms with Crippen LogP contribution in [-0.4, -0.2) is 25.5 Å². The number of nitro groups is 1. The van der Waals surface area contributed by atoms with Crippen molar-refractivity contribution < 1.29 is 14.8 Å². The number of nitro benzene ring substituents is 1. The second kappa shape index (κ2) is 9.61. The highest BCUT2D eigenvalue weighted by atomic mass is 32.1. The Morgan fingerprint density at radius 3 is 2.61 bits per heavy atom. The summed E-state index contributed by atoms with van der Waals surface area (Å²) in [5.74, 6) is -0.522. The van der Waals surface area contributed by atoms with Crippen molar-refractivity contribution in [3.05, 3.63) is 126 Å². The molecule has 0 bridgehead atoms. The Bertz CT molecular complexity index is 1920. The summed E-state index contributed by atoms with van der Waals surface area (Å²) in [6, 6.07) is 22.9. The number of thiazole rings is 2. The van der Waals surface area contributed by atoms with E-state index in [9.17, 15) is 20.0 Å². The van der Waals surface area contributed by atoms with Crippen LogP contribution in [0, 0.1) is 10.1 Å². The fourth-order valence-corrected chi connectivity index (χ4v) is 6.15. The quantitative estimate of drug-likeness (QED) is 0.260. The third kappa shape index (κ3) is 4.33. The molecule has 0 aliphatic carbocycles. The zero-order valence-electron chi connectivity index (χ0n) is 19.5. The molecule has 38 heavy (non-hydrogen) atoms. The lowest BCUT2D eigenvalue weighted by atomic mass is 10.1. The average molecular weight is 540 g/mol. The van der Waals surface area contributed by atoms with Crippen LogP contribution in [0.3, 0.4) is 0 Å². The van der Waals surface area contributed by atoms with Gasteiger partial charge in [-0.25, -0.2) is 9.98 Å². The van der Waals surface area contributed by atoms with Crippen molar-refractivity contribution in [2.75, 3.05) is 0 Å². The zero-order valence-corrected chi connectivity index (χ0v) is 21.1. The van der Waals surface area contributed by atoms with E-state index in [4.69, 9.17) is 4.99 Å². The van der Waals surface area contributed by atoms with Crippen LogP contribution in [0.5, 0.6) is 5.88 Å². The molecule has 0 atom stereocenters. The van der Waals surface area contributed by atoms with E-state index in [-0.39, 0.29) is 11.6 Å². The van der Waals surface area contributed by atoms with E-state index >= 15 is 0 Å². The maximum Gasteiger partial charge on any atom is 0.279 e. The SMILES string of the molecule is O=C1N=c2ccccc2=C1c1s/c(=N/c2ncc(Cc3cccc([N+](=O)[O-])c3)s2)n(-c2ccccc2)c1O. The lowest BCUT2D eigenvalue weighted by Crippen LogP contribution is -2.22. The maximum atomic E-state index is 12.8. The van der Waals surface area contributed by atoms with E-state index in [0.717, 1.165) is 10.4 Å². The Hall–Kier alpha value is -4.74. The topological polar surface area (TPSA) is 123 Å². The van der Waals surface area contributed by atoms with Crippen LogP contribution in [0.1, 0.15) is 15.3 Å². The molecular weight excluding hydrogens is 522 g/mol. The number of benzene rings is 3. The van der Waals surface area contributed by atoms with Gasteiger partial charge in [-0.1, -0.05) is 71.2 Å². The van der Waals surface area contributed by atoms with E-state index in [0.29, 0.717) is 43.1 Å². The fraction of sp³-hybridized carbons (Fsp3) is 0.0370. The van der Waals surface area contributed by atoms with Gasteiger partial charge in [0.25, 0.3) is 11.6 Å². The van der Waals surface area contributed by atoms with Crippen molar-refractivity contribution in [2.45, 2.75) is 6.42 Å². The molecule has 0 radical (unpaired) electrons. The van der Waals surface area contributed by atoms with Crippen LogP contribution >= 0.6 is 22.7 Å². The first-order valence-corrected chi connectivity index (χ1v) is 13.1. The summed E-state index contributed by atoms with van der Waals surface area (Å²) < 4.78 is 1.59. The fourth-order valence-electron chi connectivity index (χ4n) is 4.20. The summed E-state index contributed by atoms with van der Waals surface area (Å²) in [6.45, 7) is 0. The van der Waals surface area contributed by atoms with Crippen LogP contribution in [0.15, 0.2) is 95.0 Å². The number of aromatic nitrogens is 2. The second-order valence-electron chi connectivity index (χ2n) is 8.34. The molecule has 1 aliphatic heterocycles. The first-order valence-electron chi connectivity index (χ1n) is 11.4. The zero-order chi connectivity index (χ0) is 26.2. The normalized spacial score (nSPS) is 13.0. The molecule has 6 rings (SSSR count). The Morgan fingerprint density at radius 2 is 1.79 bits per heavy atom. The van der Waals surface area contributed by atoms with E-state index in [1.165, 1.54) is 28.7 Å². The average Bonchev–Trinajstić information content (AvgIpc) is 3.59. The molecule has 0 saturated heterocycles. The van der Waals surface area contributed by atoms with Gasteiger partial charge in [-0.3, -0.25) is 19.5 Å². The summed E-state index contributed by atoms with van der Waals surface area (Å²) in [5.41, 5.74) is 1.84. The van der Waals surface area contributed by atoms with Gasteiger partial charge in [0.15, 0.2) is 4.80 Å². The first kappa shape index (κ1) is 23.6. The number of non-ortho nitro benzene ring substituents is 1. The number of amides is 1. The summed E-state index contributed by atoms with van der Waals surface area (Å²) >= 11 is 2.53. The number of fused-ring (bicyclic) bond motifs is 1. The lowest BCUT2D eigenvalue weighted by molar-refractivity contribution is -0.384. The molecular formula is C27H17N5O4S2. The highest BCUT2D eigenvalue weighted by Crippen LogP contribution is 2.32. The Kier molecular flexibility index (Phi) is 5.98. The molecule has 1 amide bonds. The van der Waals surface area contributed by atoms with Gasteiger partial charge in [-0.05, 0) is 23.8 Å². The molecule has 3 aromatic carbocycles. The smallest absolute Gasteiger partial charge is 0.279 e. The highest BCUT2D eigenvalue weighted by Gasteiger charge is 2.26. The third-order valence-electron chi connectivity index (χ3n) is 5.88. The van der Waals surface area contributed by atoms with Gasteiger partial charge in [-0.15, -0.1) is 0 Å². The molecule has 5 aromatic rings. The summed E-state index contributed by atoms with van der Waals surface area (Å²) in [5, 5.41) is 24.1. The van der Waals surface area contributed by atoms with E-state index in [1.54, 1.807) is 29.0 Å². The van der Waals surface area contributed by atoms with Crippen LogP contribution in [-0.2, 0) is 11.2 Å². The van der Waals surface area contributed by atoms with Crippen molar-refractivity contribution in [3.63, 3.8) is 0 Å². The molecule has 2 aromatic heterocycles. The highest BCUT2D eigenvalue weighted by molar-refractivity contribution is 7.15. The number of carbonyl (C=O) groups is 1. The Balaban J connectivity index is 1.46. The molecule has 186 valence electrons. The second-order valence-corrected chi connectivity index (χ2v) is 10.4. The molecule has 0 fully saturated rings. The largest absolute Gasteiger partial charge is 0.493 e. The van der Waals surface area contributed by atoms with Crippen molar-refractivity contribution in [1.29, 1.82) is 0 Å². The van der Waals surface area contributed by atoms with Crippen molar-refractivity contribution in [3.8, 4) is 11.6 Å². The number of hydrogen-bond donors (Lipinski definition) is 1. The molecule has 3 heterocycles. The van der Waals surface area contributed by atoms with E-state index in [2.05, 4.69) is 9.98 Å². The van der Waals surface area contributed by atoms with Gasteiger partial charge >= 0.3 is 0 Å². The molecule has 0 unspecified atom stereocenters. The Labute approximate surface area is 222 Å². The minimum absolute atomic E-state index is 0.0367. The lowest BCUT2D eigenvalue weighted by Gasteiger charge is -2.05. The van der Waals surface area contributed by atoms with Gasteiger partial charge < -0.3 is 5.11 Å². The van der Waals surface area contributed by atoms with Gasteiger partial charge in [0, 0.05) is 34.8 Å². The molecule has 1 aliphatic rings. The number of rotatable bonds is 6. The summed E-state index contributed by atoms with van der Waals surface area (Å²) in [4.78, 5) is 38.5. The van der Waals surface area contributed by atoms with Gasteiger partial charge in [0.2, 0.25) is 11.0 Å². The number of hydrogen-bond acceptors (Lipinski definition) is 8. The van der Waals surface area contributed by atoms with Crippen LogP contribution in [0.2, 0.25) is 0 Å². The number of aromatic hydroxyl groups is 1. The maximum absolute atomic E-state index is 12.8. The standard InChI is InChI=1S/C27H17N5O4S2/c33-24-22(20-11-4-5-12-21(20)29-24)23-25(34)31(17-8-2-1-3-9-17)27(38-23)30-26-28-15-19(37-26)14-16-7-6-10-18(13-16)32(35)36/h1-13,15,34H,14H2/b30-27+. The minimum Gasteiger partial charge on any atom is -0.493 e. The molecule has 0 saturated carbocycles. The molecule has 9 nitrogen and oxygen atoms in total. The first-order chi connectivity index (χ1) is 18.5. The Morgan fingerprint density at radius 1 is 1.00 bits per heavy atom. The molecule has 1 N–H and O–H groups in total. The molecule has 11 heteroatoms. The van der Waals surface area contributed by atoms with Gasteiger partial charge in [0.1, 0.15) is 4.88 Å². The summed E-state index contributed by atoms with van der Waals surface area (Å²) in [6.07, 6.45) is 2.16. The van der Waals surface area contributed by atoms with Gasteiger partial charge in [0.05, 0.1) is 21.5 Å². The predicted octanol–water partition coefficient (Wildman–Crippen LogP) is 3.79. The van der Waals surface area contributed by atoms with Gasteiger partial charge in [-0.2, -0.15) is 4.99 Å². The van der Waals surface area contributed by atoms with Crippen LogP contribution in [0.25, 0.3) is 11.3 Å². The number of nitrogens with zero attached hydrogens (tertiary/aromatic N) is 5. The number of para-hydroxylation sites is 2. The van der Waals surface area contributed by atoms with Crippen LogP contribution < -0.4 is 15.4 Å². The van der Waals surface area contributed by atoms with Crippen molar-refractivity contribution in [1.82, 2.24) is 9.55 Å². The van der Waals surface area contributed by atoms with Crippen LogP contribution in [0.4, 0.5) is 10.8 Å². The van der Waals surface area contributed by atoms with Crippen molar-refractivity contribution >= 4 is 45.0 Å². The van der Waals surface area contributed by atoms with E-state index < -0.39 is 10.8 Å². The summed E-state index contributed by atoms with van der Waals surface area (Å²) in [7, 11) is 0. The van der Waals surface area contributed by atoms with Crippen molar-refractivity contribution in [2.24, 2.45) is 9.98 Å². The third-order valence-corrected chi connectivity index (χ3v) is 7.82. The molecule has 0 spiro atoms. The minimum atomic E-state index is -0.418. The number of carbonyl (C=O) groups excluding carboxylic acids is 1. The van der Waals surface area contributed by atoms with E-state index in [1.807, 2.05) is 54.6 Å². The monoisotopic (exact) mass is 539 g/mol.